The predicted molar refractivity (Wildman–Crippen MR) is 146 cm³/mol. The van der Waals surface area contributed by atoms with Crippen molar-refractivity contribution in [1.82, 2.24) is 4.98 Å². The molecule has 2 bridgehead atoms. The molecule has 1 aromatic carbocycles. The van der Waals surface area contributed by atoms with Crippen molar-refractivity contribution >= 4 is 29.8 Å². The van der Waals surface area contributed by atoms with E-state index in [-0.39, 0.29) is 18.4 Å². The minimum absolute atomic E-state index is 0.00943. The number of pyridine rings is 1. The van der Waals surface area contributed by atoms with Crippen molar-refractivity contribution in [2.75, 3.05) is 6.61 Å². The van der Waals surface area contributed by atoms with Crippen molar-refractivity contribution in [3.05, 3.63) is 72.1 Å². The summed E-state index contributed by atoms with van der Waals surface area (Å²) in [4.78, 5) is 56.8. The van der Waals surface area contributed by atoms with Crippen molar-refractivity contribution in [2.45, 2.75) is 69.2 Å². The summed E-state index contributed by atoms with van der Waals surface area (Å²) in [7, 11) is 0. The molecule has 0 amide bonds. The Bertz CT molecular complexity index is 1390. The van der Waals surface area contributed by atoms with Crippen molar-refractivity contribution < 1.29 is 48.3 Å². The van der Waals surface area contributed by atoms with Gasteiger partial charge < -0.3 is 29.2 Å². The number of ketones is 1. The first kappa shape index (κ1) is 29.6. The van der Waals surface area contributed by atoms with Gasteiger partial charge in [-0.15, -0.1) is 0 Å². The zero-order valence-corrected chi connectivity index (χ0v) is 23.5. The molecule has 2 heterocycles. The summed E-state index contributed by atoms with van der Waals surface area (Å²) in [6, 6.07) is 12.0. The van der Waals surface area contributed by atoms with Gasteiger partial charge in [-0.05, 0) is 50.5 Å². The van der Waals surface area contributed by atoms with E-state index >= 15 is 0 Å². The SMILES string of the molecule is CC(=O)OC[C@@]12[C@@H](OC(=O)/C=C/c3ccccc3)CC[C@H](O)C13OC(C)(C)C(C(=O)[C@H]2OC(=O)c1cccnc1)[C@H]3O. The molecule has 2 saturated carbocycles. The first-order valence-electron chi connectivity index (χ1n) is 13.7. The van der Waals surface area contributed by atoms with Crippen LogP contribution in [-0.4, -0.2) is 81.1 Å². The molecule has 0 radical (unpaired) electrons. The maximum Gasteiger partial charge on any atom is 0.340 e. The van der Waals surface area contributed by atoms with Crippen molar-refractivity contribution in [2.24, 2.45) is 11.3 Å². The molecule has 2 aromatic rings. The fourth-order valence-electron chi connectivity index (χ4n) is 6.85. The number of aromatic nitrogens is 1. The smallest absolute Gasteiger partial charge is 0.340 e. The second-order valence-electron chi connectivity index (χ2n) is 11.4. The van der Waals surface area contributed by atoms with Gasteiger partial charge in [0.25, 0.3) is 0 Å². The van der Waals surface area contributed by atoms with Crippen molar-refractivity contribution in [3.63, 3.8) is 0 Å². The van der Waals surface area contributed by atoms with E-state index in [0.29, 0.717) is 0 Å². The number of aliphatic hydroxyl groups excluding tert-OH is 2. The summed E-state index contributed by atoms with van der Waals surface area (Å²) in [6.07, 6.45) is -0.538. The highest BCUT2D eigenvalue weighted by atomic mass is 16.6. The van der Waals surface area contributed by atoms with Crippen LogP contribution < -0.4 is 0 Å². The highest BCUT2D eigenvalue weighted by Crippen LogP contribution is 2.64. The standard InChI is InChI=1S/C31H33NO10/c1-18(33)39-17-30-22(40-23(35)14-11-19-8-5-4-6-9-19)13-12-21(34)31(30)26(37)24(29(2,3)42-31)25(36)27(30)41-28(38)20-10-7-15-32-16-20/h4-11,14-16,21-22,24,26-27,34,37H,12-13,17H2,1-3H3/b14-11+/t21-,22-,24?,26+,27+,30-,31?/m0/s1. The molecule has 5 rings (SSSR count). The summed E-state index contributed by atoms with van der Waals surface area (Å²) < 4.78 is 23.7. The minimum atomic E-state index is -2.01. The average molecular weight is 580 g/mol. The van der Waals surface area contributed by atoms with E-state index in [1.165, 1.54) is 30.6 Å². The van der Waals surface area contributed by atoms with Crippen LogP contribution in [0.15, 0.2) is 60.9 Å². The van der Waals surface area contributed by atoms with Crippen LogP contribution in [0.4, 0.5) is 0 Å². The molecule has 11 heteroatoms. The molecule has 2 unspecified atom stereocenters. The third-order valence-electron chi connectivity index (χ3n) is 8.57. The Morgan fingerprint density at radius 2 is 1.81 bits per heavy atom. The molecule has 3 fully saturated rings. The fraction of sp³-hybridized carbons (Fsp3) is 0.452. The van der Waals surface area contributed by atoms with E-state index in [9.17, 15) is 29.4 Å². The number of nitrogens with zero attached hydrogens (tertiary/aromatic N) is 1. The van der Waals surface area contributed by atoms with Crippen molar-refractivity contribution in [1.29, 1.82) is 0 Å². The zero-order valence-electron chi connectivity index (χ0n) is 23.5. The van der Waals surface area contributed by atoms with Gasteiger partial charge in [0.05, 0.1) is 29.3 Å². The van der Waals surface area contributed by atoms with Gasteiger partial charge in [-0.25, -0.2) is 9.59 Å². The molecule has 2 aliphatic carbocycles. The number of esters is 3. The highest BCUT2D eigenvalue weighted by Gasteiger charge is 2.83. The van der Waals surface area contributed by atoms with E-state index in [0.717, 1.165) is 12.5 Å². The van der Waals surface area contributed by atoms with Gasteiger partial charge >= 0.3 is 17.9 Å². The number of carbonyl (C=O) groups is 4. The Labute approximate surface area is 242 Å². The number of ether oxygens (including phenoxy) is 4. The Morgan fingerprint density at radius 3 is 2.48 bits per heavy atom. The lowest BCUT2D eigenvalue weighted by Crippen LogP contribution is -2.79. The Morgan fingerprint density at radius 1 is 1.07 bits per heavy atom. The third-order valence-corrected chi connectivity index (χ3v) is 8.57. The van der Waals surface area contributed by atoms with Gasteiger partial charge in [0.2, 0.25) is 0 Å². The van der Waals surface area contributed by atoms with Gasteiger partial charge in [-0.2, -0.15) is 0 Å². The summed E-state index contributed by atoms with van der Waals surface area (Å²) in [5.41, 5.74) is -4.57. The van der Waals surface area contributed by atoms with E-state index in [4.69, 9.17) is 18.9 Å². The van der Waals surface area contributed by atoms with Gasteiger partial charge in [0, 0.05) is 25.4 Å². The van der Waals surface area contributed by atoms with Crippen LogP contribution in [0.2, 0.25) is 0 Å². The zero-order chi connectivity index (χ0) is 30.3. The van der Waals surface area contributed by atoms with Crippen LogP contribution in [0.3, 0.4) is 0 Å². The Kier molecular flexibility index (Phi) is 7.78. The molecule has 1 saturated heterocycles. The highest BCUT2D eigenvalue weighted by molar-refractivity contribution is 5.96. The summed E-state index contributed by atoms with van der Waals surface area (Å²) in [6.45, 7) is 3.66. The summed E-state index contributed by atoms with van der Waals surface area (Å²) in [5, 5.41) is 23.3. The summed E-state index contributed by atoms with van der Waals surface area (Å²) in [5.74, 6) is -4.37. The third kappa shape index (κ3) is 4.71. The minimum Gasteiger partial charge on any atom is -0.465 e. The number of aliphatic hydroxyl groups is 2. The molecule has 1 aromatic heterocycles. The molecule has 7 atom stereocenters. The molecule has 42 heavy (non-hydrogen) atoms. The average Bonchev–Trinajstić information content (AvgIpc) is 3.14. The number of fused-ring (bicyclic) bond motifs is 1. The van der Waals surface area contributed by atoms with Gasteiger partial charge in [0.1, 0.15) is 23.7 Å². The monoisotopic (exact) mass is 579 g/mol. The molecule has 2 N–H and O–H groups in total. The lowest BCUT2D eigenvalue weighted by molar-refractivity contribution is -0.307. The summed E-state index contributed by atoms with van der Waals surface area (Å²) >= 11 is 0. The number of benzene rings is 1. The lowest BCUT2D eigenvalue weighted by atomic mass is 9.50. The molecule has 11 nitrogen and oxygen atoms in total. The molecule has 1 aliphatic heterocycles. The quantitative estimate of drug-likeness (QED) is 0.281. The lowest BCUT2D eigenvalue weighted by Gasteiger charge is -2.60. The number of carbonyl (C=O) groups excluding carboxylic acids is 4. The molecule has 222 valence electrons. The Hall–Kier alpha value is -3.93. The number of rotatable bonds is 7. The van der Waals surface area contributed by atoms with E-state index in [2.05, 4.69) is 4.98 Å². The van der Waals surface area contributed by atoms with E-state index in [1.54, 1.807) is 44.2 Å². The maximum atomic E-state index is 14.2. The number of hydrogen-bond acceptors (Lipinski definition) is 11. The Balaban J connectivity index is 1.63. The fourth-order valence-corrected chi connectivity index (χ4v) is 6.85. The second kappa shape index (κ2) is 11.0. The van der Waals surface area contributed by atoms with E-state index < -0.39 is 77.2 Å². The van der Waals surface area contributed by atoms with Crippen LogP contribution in [0.5, 0.6) is 0 Å². The second-order valence-corrected chi connectivity index (χ2v) is 11.4. The van der Waals surface area contributed by atoms with Crippen LogP contribution in [0.25, 0.3) is 6.08 Å². The van der Waals surface area contributed by atoms with Crippen LogP contribution in [0.1, 0.15) is 49.5 Å². The molecular weight excluding hydrogens is 546 g/mol. The van der Waals surface area contributed by atoms with Crippen LogP contribution in [-0.2, 0) is 33.3 Å². The predicted octanol–water partition coefficient (Wildman–Crippen LogP) is 2.04. The topological polar surface area (TPSA) is 159 Å². The van der Waals surface area contributed by atoms with Gasteiger partial charge in [-0.1, -0.05) is 30.3 Å². The number of hydrogen-bond donors (Lipinski definition) is 2. The number of Topliss-reactive ketones (excluding diaryl/α,β-unsaturated/α-hetero) is 1. The van der Waals surface area contributed by atoms with Gasteiger partial charge in [-0.3, -0.25) is 14.6 Å². The normalized spacial score (nSPS) is 33.1. The molecule has 3 aliphatic rings. The molecular formula is C31H33NO10. The molecule has 1 spiro atoms. The van der Waals surface area contributed by atoms with Crippen LogP contribution in [0, 0.1) is 11.3 Å². The van der Waals surface area contributed by atoms with Crippen molar-refractivity contribution in [3.8, 4) is 0 Å². The van der Waals surface area contributed by atoms with Crippen LogP contribution >= 0.6 is 0 Å². The van der Waals surface area contributed by atoms with E-state index in [1.807, 2.05) is 6.07 Å². The first-order valence-corrected chi connectivity index (χ1v) is 13.7. The first-order chi connectivity index (χ1) is 19.9. The maximum absolute atomic E-state index is 14.2. The van der Waals surface area contributed by atoms with Gasteiger partial charge in [0.15, 0.2) is 11.9 Å². The largest absolute Gasteiger partial charge is 0.465 e.